The van der Waals surface area contributed by atoms with Crippen molar-refractivity contribution in [3.8, 4) is 5.75 Å². The molecule has 1 aromatic carbocycles. The third-order valence-electron chi connectivity index (χ3n) is 4.52. The number of aryl methyl sites for hydroxylation is 1. The summed E-state index contributed by atoms with van der Waals surface area (Å²) < 4.78 is 41.6. The predicted molar refractivity (Wildman–Crippen MR) is 104 cm³/mol. The normalized spacial score (nSPS) is 17.9. The molecule has 0 bridgehead atoms. The zero-order chi connectivity index (χ0) is 19.4. The molecule has 8 heteroatoms. The lowest BCUT2D eigenvalue weighted by Crippen LogP contribution is -2.26. The van der Waals surface area contributed by atoms with Crippen LogP contribution in [0.2, 0.25) is 0 Å². The summed E-state index contributed by atoms with van der Waals surface area (Å²) in [5.41, 5.74) is 0.871. The van der Waals surface area contributed by atoms with Crippen molar-refractivity contribution in [3.63, 3.8) is 0 Å². The van der Waals surface area contributed by atoms with Crippen molar-refractivity contribution in [1.82, 2.24) is 9.78 Å². The minimum absolute atomic E-state index is 0.0509. The van der Waals surface area contributed by atoms with Gasteiger partial charge in [0, 0.05) is 18.8 Å². The highest BCUT2D eigenvalue weighted by molar-refractivity contribution is 7.92. The molecule has 1 aliphatic rings. The van der Waals surface area contributed by atoms with E-state index in [2.05, 4.69) is 9.82 Å². The summed E-state index contributed by atoms with van der Waals surface area (Å²) in [5, 5.41) is 4.29. The maximum absolute atomic E-state index is 12.9. The van der Waals surface area contributed by atoms with Crippen molar-refractivity contribution in [3.05, 3.63) is 36.2 Å². The maximum Gasteiger partial charge on any atom is 0.265 e. The molecule has 1 atom stereocenters. The van der Waals surface area contributed by atoms with E-state index < -0.39 is 10.0 Å². The van der Waals surface area contributed by atoms with Crippen LogP contribution in [0, 0.1) is 6.92 Å². The predicted octanol–water partition coefficient (Wildman–Crippen LogP) is 3.52. The van der Waals surface area contributed by atoms with E-state index in [4.69, 9.17) is 9.47 Å². The number of rotatable bonds is 7. The van der Waals surface area contributed by atoms with Gasteiger partial charge in [-0.25, -0.2) is 8.42 Å². The van der Waals surface area contributed by atoms with Gasteiger partial charge in [0.05, 0.1) is 17.5 Å². The van der Waals surface area contributed by atoms with E-state index >= 15 is 0 Å². The fourth-order valence-corrected chi connectivity index (χ4v) is 4.24. The molecule has 0 amide bonds. The van der Waals surface area contributed by atoms with Gasteiger partial charge in [-0.1, -0.05) is 12.1 Å². The smallest absolute Gasteiger partial charge is 0.265 e. The summed E-state index contributed by atoms with van der Waals surface area (Å²) in [6.45, 7) is 6.75. The number of sulfonamides is 1. The molecule has 0 unspecified atom stereocenters. The molecule has 27 heavy (non-hydrogen) atoms. The lowest BCUT2D eigenvalue weighted by atomic mass is 10.1. The highest BCUT2D eigenvalue weighted by Crippen LogP contribution is 2.28. The molecule has 1 aliphatic heterocycles. The fourth-order valence-electron chi connectivity index (χ4n) is 2.99. The lowest BCUT2D eigenvalue weighted by molar-refractivity contribution is -0.0109. The minimum Gasteiger partial charge on any atom is -0.489 e. The Balaban J connectivity index is 1.76. The van der Waals surface area contributed by atoms with Crippen molar-refractivity contribution in [2.24, 2.45) is 0 Å². The average Bonchev–Trinajstić information content (AvgIpc) is 3.05. The Kier molecular flexibility index (Phi) is 6.06. The van der Waals surface area contributed by atoms with Crippen molar-refractivity contribution < 1.29 is 17.9 Å². The van der Waals surface area contributed by atoms with E-state index in [9.17, 15) is 8.42 Å². The van der Waals surface area contributed by atoms with Crippen LogP contribution in [0.4, 0.5) is 5.69 Å². The molecular formula is C19H27N3O4S. The molecule has 1 fully saturated rings. The van der Waals surface area contributed by atoms with E-state index in [0.717, 1.165) is 25.9 Å². The summed E-state index contributed by atoms with van der Waals surface area (Å²) in [5.74, 6) is 0.490. The Morgan fingerprint density at radius 3 is 2.78 bits per heavy atom. The third kappa shape index (κ3) is 4.81. The van der Waals surface area contributed by atoms with Crippen LogP contribution >= 0.6 is 0 Å². The van der Waals surface area contributed by atoms with Crippen molar-refractivity contribution in [1.29, 1.82) is 0 Å². The molecule has 7 nitrogen and oxygen atoms in total. The van der Waals surface area contributed by atoms with Crippen molar-refractivity contribution in [2.45, 2.75) is 57.1 Å². The van der Waals surface area contributed by atoms with Crippen LogP contribution in [-0.2, 0) is 14.8 Å². The number of hydrogen-bond acceptors (Lipinski definition) is 5. The van der Waals surface area contributed by atoms with E-state index in [1.807, 2.05) is 19.9 Å². The first-order chi connectivity index (χ1) is 12.9. The van der Waals surface area contributed by atoms with E-state index in [1.165, 1.54) is 0 Å². The fraction of sp³-hybridized carbons (Fsp3) is 0.526. The third-order valence-corrected chi connectivity index (χ3v) is 5.99. The zero-order valence-electron chi connectivity index (χ0n) is 16.0. The zero-order valence-corrected chi connectivity index (χ0v) is 16.8. The minimum atomic E-state index is -3.77. The first-order valence-electron chi connectivity index (χ1n) is 9.29. The molecule has 0 spiro atoms. The van der Waals surface area contributed by atoms with E-state index in [1.54, 1.807) is 36.0 Å². The molecule has 0 radical (unpaired) electrons. The second-order valence-corrected chi connectivity index (χ2v) is 8.70. The van der Waals surface area contributed by atoms with Gasteiger partial charge in [-0.2, -0.15) is 5.10 Å². The van der Waals surface area contributed by atoms with Gasteiger partial charge < -0.3 is 9.47 Å². The Morgan fingerprint density at radius 2 is 2.11 bits per heavy atom. The molecule has 2 heterocycles. The van der Waals surface area contributed by atoms with Crippen molar-refractivity contribution >= 4 is 15.7 Å². The molecule has 0 saturated carbocycles. The first-order valence-corrected chi connectivity index (χ1v) is 10.8. The van der Waals surface area contributed by atoms with Gasteiger partial charge in [-0.3, -0.25) is 9.40 Å². The molecule has 2 aromatic rings. The number of ether oxygens (including phenoxy) is 2. The van der Waals surface area contributed by atoms with Gasteiger partial charge in [0.25, 0.3) is 10.0 Å². The topological polar surface area (TPSA) is 82.5 Å². The maximum atomic E-state index is 12.9. The second-order valence-electron chi connectivity index (χ2n) is 7.05. The van der Waals surface area contributed by atoms with Gasteiger partial charge in [-0.15, -0.1) is 0 Å². The van der Waals surface area contributed by atoms with Crippen LogP contribution < -0.4 is 9.46 Å². The number of nitrogens with zero attached hydrogens (tertiary/aromatic N) is 2. The Bertz CT molecular complexity index is 871. The van der Waals surface area contributed by atoms with Crippen LogP contribution in [0.1, 0.15) is 44.8 Å². The van der Waals surface area contributed by atoms with E-state index in [0.29, 0.717) is 23.7 Å². The molecule has 1 saturated heterocycles. The highest BCUT2D eigenvalue weighted by Gasteiger charge is 2.23. The van der Waals surface area contributed by atoms with Gasteiger partial charge in [-0.05, 0) is 52.2 Å². The number of para-hydroxylation sites is 2. The van der Waals surface area contributed by atoms with Crippen LogP contribution in [-0.4, -0.2) is 37.5 Å². The first kappa shape index (κ1) is 19.7. The summed E-state index contributed by atoms with van der Waals surface area (Å²) in [6, 6.07) is 7.11. The SMILES string of the molecule is Cc1nn(C(C)C)cc1S(=O)(=O)Nc1ccccc1OC[C@@H]1CCCCO1. The molecule has 148 valence electrons. The summed E-state index contributed by atoms with van der Waals surface area (Å²) in [4.78, 5) is 0.168. The molecule has 3 rings (SSSR count). The average molecular weight is 394 g/mol. The van der Waals surface area contributed by atoms with Crippen LogP contribution in [0.25, 0.3) is 0 Å². The Labute approximate surface area is 160 Å². The number of anilines is 1. The van der Waals surface area contributed by atoms with Crippen LogP contribution in [0.5, 0.6) is 5.75 Å². The summed E-state index contributed by atoms with van der Waals surface area (Å²) in [6.07, 6.45) is 4.77. The van der Waals surface area contributed by atoms with Gasteiger partial charge in [0.15, 0.2) is 0 Å². The number of benzene rings is 1. The van der Waals surface area contributed by atoms with Gasteiger partial charge in [0.2, 0.25) is 0 Å². The summed E-state index contributed by atoms with van der Waals surface area (Å²) >= 11 is 0. The monoisotopic (exact) mass is 393 g/mol. The van der Waals surface area contributed by atoms with Gasteiger partial charge >= 0.3 is 0 Å². The molecular weight excluding hydrogens is 366 g/mol. The molecule has 0 aliphatic carbocycles. The van der Waals surface area contributed by atoms with E-state index in [-0.39, 0.29) is 17.0 Å². The van der Waals surface area contributed by atoms with Gasteiger partial charge in [0.1, 0.15) is 17.3 Å². The quantitative estimate of drug-likeness (QED) is 0.778. The largest absolute Gasteiger partial charge is 0.489 e. The number of aromatic nitrogens is 2. The van der Waals surface area contributed by atoms with Crippen LogP contribution in [0.3, 0.4) is 0 Å². The number of hydrogen-bond donors (Lipinski definition) is 1. The Morgan fingerprint density at radius 1 is 1.33 bits per heavy atom. The van der Waals surface area contributed by atoms with Crippen LogP contribution in [0.15, 0.2) is 35.4 Å². The molecule has 1 aromatic heterocycles. The number of nitrogens with one attached hydrogen (secondary N) is 1. The molecule has 1 N–H and O–H groups in total. The summed E-state index contributed by atoms with van der Waals surface area (Å²) in [7, 11) is -3.77. The van der Waals surface area contributed by atoms with Crippen molar-refractivity contribution in [2.75, 3.05) is 17.9 Å². The highest BCUT2D eigenvalue weighted by atomic mass is 32.2. The lowest BCUT2D eigenvalue weighted by Gasteiger charge is -2.23. The standard InChI is InChI=1S/C19H27N3O4S/c1-14(2)22-12-19(15(3)20-22)27(23,24)21-17-9-4-5-10-18(17)26-13-16-8-6-7-11-25-16/h4-5,9-10,12,14,16,21H,6-8,11,13H2,1-3H3/t16-/m0/s1. The Hall–Kier alpha value is -2.06. The second kappa shape index (κ2) is 8.31.